The smallest absolute Gasteiger partial charge is 0.312 e. The average Bonchev–Trinajstić information content (AvgIpc) is 2.50. The van der Waals surface area contributed by atoms with Gasteiger partial charge in [0, 0.05) is 10.7 Å². The third-order valence-electron chi connectivity index (χ3n) is 3.92. The second kappa shape index (κ2) is 8.03. The van der Waals surface area contributed by atoms with Crippen LogP contribution in [0.4, 0.5) is 10.5 Å². The van der Waals surface area contributed by atoms with Crippen molar-refractivity contribution in [2.75, 3.05) is 5.32 Å². The highest BCUT2D eigenvalue weighted by Crippen LogP contribution is 2.24. The minimum atomic E-state index is -0.685. The Balaban J connectivity index is 2.17. The van der Waals surface area contributed by atoms with Gasteiger partial charge in [-0.3, -0.25) is 4.79 Å². The van der Waals surface area contributed by atoms with Gasteiger partial charge in [0.05, 0.1) is 12.5 Å². The normalized spacial score (nSPS) is 11.7. The lowest BCUT2D eigenvalue weighted by atomic mass is 10.0. The monoisotopic (exact) mass is 359 g/mol. The summed E-state index contributed by atoms with van der Waals surface area (Å²) in [5.74, 6) is -0.205. The van der Waals surface area contributed by atoms with Crippen LogP contribution in [-0.4, -0.2) is 11.9 Å². The molecule has 0 aliphatic carbocycles. The predicted octanol–water partition coefficient (Wildman–Crippen LogP) is 4.00. The lowest BCUT2D eigenvalue weighted by molar-refractivity contribution is -0.116. The number of nitrogens with two attached hydrogens (primary N) is 1. The van der Waals surface area contributed by atoms with Gasteiger partial charge in [0.1, 0.15) is 0 Å². The van der Waals surface area contributed by atoms with Gasteiger partial charge in [0.25, 0.3) is 0 Å². The second-order valence-electron chi connectivity index (χ2n) is 6.14. The lowest BCUT2D eigenvalue weighted by Crippen LogP contribution is -2.35. The molecule has 0 aliphatic rings. The van der Waals surface area contributed by atoms with Gasteiger partial charge in [0.2, 0.25) is 5.91 Å². The van der Waals surface area contributed by atoms with E-state index in [1.54, 1.807) is 24.3 Å². The number of urea groups is 1. The van der Waals surface area contributed by atoms with Crippen LogP contribution in [0.2, 0.25) is 5.02 Å². The van der Waals surface area contributed by atoms with Crippen LogP contribution in [0.1, 0.15) is 34.7 Å². The SMILES string of the molecule is Cc1cc(C)c(NC(=O)CC(NC(N)=O)c2ccc(Cl)cc2)c(C)c1. The number of carbonyl (C=O) groups excluding carboxylic acids is 2. The Morgan fingerprint density at radius 3 is 2.16 bits per heavy atom. The van der Waals surface area contributed by atoms with E-state index in [1.165, 1.54) is 0 Å². The molecule has 1 unspecified atom stereocenters. The van der Waals surface area contributed by atoms with Gasteiger partial charge in [0.15, 0.2) is 0 Å². The first kappa shape index (κ1) is 18.8. The maximum Gasteiger partial charge on any atom is 0.312 e. The van der Waals surface area contributed by atoms with Gasteiger partial charge in [-0.15, -0.1) is 0 Å². The third-order valence-corrected chi connectivity index (χ3v) is 4.17. The van der Waals surface area contributed by atoms with Crippen molar-refractivity contribution in [3.63, 3.8) is 0 Å². The molecule has 0 fully saturated rings. The maximum absolute atomic E-state index is 12.5. The summed E-state index contributed by atoms with van der Waals surface area (Å²) >= 11 is 5.89. The van der Waals surface area contributed by atoms with E-state index in [4.69, 9.17) is 17.3 Å². The predicted molar refractivity (Wildman–Crippen MR) is 101 cm³/mol. The first-order chi connectivity index (χ1) is 11.8. The molecular formula is C19H22ClN3O2. The molecule has 0 aliphatic heterocycles. The van der Waals surface area contributed by atoms with Crippen molar-refractivity contribution in [3.8, 4) is 0 Å². The fourth-order valence-corrected chi connectivity index (χ4v) is 3.00. The lowest BCUT2D eigenvalue weighted by Gasteiger charge is -2.19. The number of carbonyl (C=O) groups is 2. The van der Waals surface area contributed by atoms with Gasteiger partial charge in [-0.2, -0.15) is 0 Å². The minimum Gasteiger partial charge on any atom is -0.352 e. The molecule has 2 rings (SSSR count). The summed E-state index contributed by atoms with van der Waals surface area (Å²) < 4.78 is 0. The second-order valence-corrected chi connectivity index (χ2v) is 6.58. The molecule has 6 heteroatoms. The quantitative estimate of drug-likeness (QED) is 0.753. The zero-order valence-corrected chi connectivity index (χ0v) is 15.3. The van der Waals surface area contributed by atoms with Crippen molar-refractivity contribution in [2.45, 2.75) is 33.2 Å². The summed E-state index contributed by atoms with van der Waals surface area (Å²) in [6, 6.07) is 9.76. The van der Waals surface area contributed by atoms with Gasteiger partial charge in [-0.05, 0) is 49.6 Å². The number of anilines is 1. The first-order valence-corrected chi connectivity index (χ1v) is 8.33. The van der Waals surface area contributed by atoms with E-state index in [1.807, 2.05) is 32.9 Å². The Hall–Kier alpha value is -2.53. The van der Waals surface area contributed by atoms with Crippen molar-refractivity contribution in [1.82, 2.24) is 5.32 Å². The highest BCUT2D eigenvalue weighted by Gasteiger charge is 2.18. The summed E-state index contributed by atoms with van der Waals surface area (Å²) in [5.41, 5.74) is 9.94. The average molecular weight is 360 g/mol. The number of amides is 3. The van der Waals surface area contributed by atoms with E-state index in [0.717, 1.165) is 27.9 Å². The van der Waals surface area contributed by atoms with Crippen LogP contribution in [0.5, 0.6) is 0 Å². The van der Waals surface area contributed by atoms with Gasteiger partial charge < -0.3 is 16.4 Å². The van der Waals surface area contributed by atoms with Crippen LogP contribution in [0.25, 0.3) is 0 Å². The molecule has 1 atom stereocenters. The highest BCUT2D eigenvalue weighted by atomic mass is 35.5. The summed E-state index contributed by atoms with van der Waals surface area (Å²) in [4.78, 5) is 23.8. The molecule has 0 saturated carbocycles. The first-order valence-electron chi connectivity index (χ1n) is 7.95. The Bertz CT molecular complexity index is 765. The van der Waals surface area contributed by atoms with Gasteiger partial charge >= 0.3 is 6.03 Å². The fourth-order valence-electron chi connectivity index (χ4n) is 2.87. The number of hydrogen-bond acceptors (Lipinski definition) is 2. The zero-order chi connectivity index (χ0) is 18.6. The molecule has 3 amide bonds. The van der Waals surface area contributed by atoms with E-state index in [-0.39, 0.29) is 12.3 Å². The molecule has 132 valence electrons. The minimum absolute atomic E-state index is 0.0668. The molecule has 25 heavy (non-hydrogen) atoms. The van der Waals surface area contributed by atoms with E-state index in [9.17, 15) is 9.59 Å². The summed E-state index contributed by atoms with van der Waals surface area (Å²) in [5, 5.41) is 6.12. The van der Waals surface area contributed by atoms with Crippen molar-refractivity contribution < 1.29 is 9.59 Å². The molecule has 0 heterocycles. The molecule has 2 aromatic carbocycles. The molecule has 5 nitrogen and oxygen atoms in total. The molecular weight excluding hydrogens is 338 g/mol. The Morgan fingerprint density at radius 1 is 1.08 bits per heavy atom. The Morgan fingerprint density at radius 2 is 1.64 bits per heavy atom. The molecule has 2 aromatic rings. The van der Waals surface area contributed by atoms with Crippen molar-refractivity contribution in [2.24, 2.45) is 5.73 Å². The van der Waals surface area contributed by atoms with E-state index in [2.05, 4.69) is 10.6 Å². The number of primary amides is 1. The van der Waals surface area contributed by atoms with Crippen LogP contribution in [0.15, 0.2) is 36.4 Å². The highest BCUT2D eigenvalue weighted by molar-refractivity contribution is 6.30. The molecule has 0 spiro atoms. The summed E-state index contributed by atoms with van der Waals surface area (Å²) in [6.45, 7) is 5.92. The molecule has 0 bridgehead atoms. The molecule has 4 N–H and O–H groups in total. The number of aryl methyl sites for hydroxylation is 3. The topological polar surface area (TPSA) is 84.2 Å². The van der Waals surface area contributed by atoms with Crippen molar-refractivity contribution in [1.29, 1.82) is 0 Å². The molecule has 0 aromatic heterocycles. The van der Waals surface area contributed by atoms with E-state index >= 15 is 0 Å². The van der Waals surface area contributed by atoms with E-state index in [0.29, 0.717) is 5.02 Å². The zero-order valence-electron chi connectivity index (χ0n) is 14.5. The number of hydrogen-bond donors (Lipinski definition) is 3. The van der Waals surface area contributed by atoms with Crippen LogP contribution >= 0.6 is 11.6 Å². The summed E-state index contributed by atoms with van der Waals surface area (Å²) in [7, 11) is 0. The third kappa shape index (κ3) is 5.22. The molecule has 0 saturated heterocycles. The van der Waals surface area contributed by atoms with Crippen LogP contribution in [0, 0.1) is 20.8 Å². The fraction of sp³-hybridized carbons (Fsp3) is 0.263. The van der Waals surface area contributed by atoms with Crippen molar-refractivity contribution in [3.05, 3.63) is 63.7 Å². The van der Waals surface area contributed by atoms with Crippen LogP contribution in [0.3, 0.4) is 0 Å². The number of nitrogens with one attached hydrogen (secondary N) is 2. The Labute approximate surface area is 152 Å². The van der Waals surface area contributed by atoms with Crippen LogP contribution < -0.4 is 16.4 Å². The molecule has 0 radical (unpaired) electrons. The number of rotatable bonds is 5. The number of benzene rings is 2. The van der Waals surface area contributed by atoms with Crippen LogP contribution in [-0.2, 0) is 4.79 Å². The largest absolute Gasteiger partial charge is 0.352 e. The standard InChI is InChI=1S/C19H22ClN3O2/c1-11-8-12(2)18(13(3)9-11)23-17(24)10-16(22-19(21)25)14-4-6-15(20)7-5-14/h4-9,16H,10H2,1-3H3,(H,23,24)(H3,21,22,25). The van der Waals surface area contributed by atoms with Gasteiger partial charge in [-0.25, -0.2) is 4.79 Å². The van der Waals surface area contributed by atoms with E-state index < -0.39 is 12.1 Å². The Kier molecular flexibility index (Phi) is 6.04. The van der Waals surface area contributed by atoms with Crippen molar-refractivity contribution >= 4 is 29.2 Å². The summed E-state index contributed by atoms with van der Waals surface area (Å²) in [6.07, 6.45) is 0.0668. The number of halogens is 1. The van der Waals surface area contributed by atoms with Gasteiger partial charge in [-0.1, -0.05) is 41.4 Å². The maximum atomic E-state index is 12.5.